The van der Waals surface area contributed by atoms with E-state index in [1.165, 1.54) is 43.5 Å². The minimum absolute atomic E-state index is 0.0234. The first-order valence-electron chi connectivity index (χ1n) is 7.78. The van der Waals surface area contributed by atoms with E-state index >= 15 is 0 Å². The summed E-state index contributed by atoms with van der Waals surface area (Å²) in [4.78, 5) is 0.0234. The quantitative estimate of drug-likeness (QED) is 0.618. The number of nitrogens with one attached hydrogen (secondary N) is 1. The number of hydrogen-bond donors (Lipinski definition) is 1. The molecule has 0 fully saturated rings. The molecule has 0 atom stereocenters. The van der Waals surface area contributed by atoms with Gasteiger partial charge in [0.05, 0.1) is 22.7 Å². The van der Waals surface area contributed by atoms with Crippen molar-refractivity contribution in [2.24, 2.45) is 0 Å². The summed E-state index contributed by atoms with van der Waals surface area (Å²) in [7, 11) is -2.32. The average molecular weight is 408 g/mol. The van der Waals surface area contributed by atoms with Crippen molar-refractivity contribution in [2.75, 3.05) is 11.8 Å². The molecular formula is C19H15ClFNO4S. The Balaban J connectivity index is 1.78. The van der Waals surface area contributed by atoms with Crippen molar-refractivity contribution in [3.63, 3.8) is 0 Å². The smallest absolute Gasteiger partial charge is 0.261 e. The number of hydrogen-bond acceptors (Lipinski definition) is 4. The molecule has 3 aromatic rings. The molecule has 0 unspecified atom stereocenters. The van der Waals surface area contributed by atoms with Gasteiger partial charge in [-0.15, -0.1) is 0 Å². The third kappa shape index (κ3) is 4.50. The van der Waals surface area contributed by atoms with Crippen LogP contribution in [0.4, 0.5) is 10.1 Å². The number of anilines is 1. The highest BCUT2D eigenvalue weighted by Crippen LogP contribution is 2.31. The van der Waals surface area contributed by atoms with E-state index in [1.54, 1.807) is 18.2 Å². The fourth-order valence-corrected chi connectivity index (χ4v) is 3.52. The third-order valence-corrected chi connectivity index (χ3v) is 5.29. The maximum Gasteiger partial charge on any atom is 0.261 e. The standard InChI is InChI=1S/C19H15ClFNO4S/c1-25-18-4-2-3-5-19(18)26-14-7-9-15(10-8-14)27(23,24)22-13-6-11-17(21)16(20)12-13/h2-12,22H,1H3. The summed E-state index contributed by atoms with van der Waals surface area (Å²) in [6.07, 6.45) is 0. The SMILES string of the molecule is COc1ccccc1Oc1ccc(S(=O)(=O)Nc2ccc(F)c(Cl)c2)cc1. The molecular weight excluding hydrogens is 393 g/mol. The molecule has 3 rings (SSSR count). The van der Waals surface area contributed by atoms with Crippen LogP contribution in [0.5, 0.6) is 17.2 Å². The lowest BCUT2D eigenvalue weighted by molar-refractivity contribution is 0.379. The summed E-state index contributed by atoms with van der Waals surface area (Å²) in [5, 5.41) is -0.171. The molecule has 8 heteroatoms. The molecule has 0 bridgehead atoms. The molecule has 140 valence electrons. The summed E-state index contributed by atoms with van der Waals surface area (Å²) in [5.41, 5.74) is 0.163. The van der Waals surface area contributed by atoms with Crippen LogP contribution in [0.25, 0.3) is 0 Å². The van der Waals surface area contributed by atoms with Crippen LogP contribution in [0.3, 0.4) is 0 Å². The first-order chi connectivity index (χ1) is 12.9. The Hall–Kier alpha value is -2.77. The van der Waals surface area contributed by atoms with Crippen molar-refractivity contribution >= 4 is 27.3 Å². The largest absolute Gasteiger partial charge is 0.493 e. The van der Waals surface area contributed by atoms with Gasteiger partial charge in [0, 0.05) is 0 Å². The summed E-state index contributed by atoms with van der Waals surface area (Å²) in [5.74, 6) is 0.888. The summed E-state index contributed by atoms with van der Waals surface area (Å²) in [6, 6.07) is 16.5. The lowest BCUT2D eigenvalue weighted by Gasteiger charge is -2.11. The number of sulfonamides is 1. The molecule has 0 heterocycles. The molecule has 5 nitrogen and oxygen atoms in total. The third-order valence-electron chi connectivity index (χ3n) is 3.60. The van der Waals surface area contributed by atoms with Gasteiger partial charge < -0.3 is 9.47 Å². The van der Waals surface area contributed by atoms with Crippen molar-refractivity contribution in [1.29, 1.82) is 0 Å². The second-order valence-corrected chi connectivity index (χ2v) is 7.55. The van der Waals surface area contributed by atoms with E-state index < -0.39 is 15.8 Å². The van der Waals surface area contributed by atoms with Crippen LogP contribution in [0.15, 0.2) is 71.6 Å². The van der Waals surface area contributed by atoms with Crippen LogP contribution >= 0.6 is 11.6 Å². The predicted molar refractivity (Wildman–Crippen MR) is 102 cm³/mol. The maximum atomic E-state index is 13.2. The molecule has 0 saturated carbocycles. The van der Waals surface area contributed by atoms with Crippen LogP contribution in [-0.4, -0.2) is 15.5 Å². The maximum absolute atomic E-state index is 13.2. The molecule has 0 radical (unpaired) electrons. The Labute approximate surface area is 161 Å². The molecule has 0 spiro atoms. The lowest BCUT2D eigenvalue weighted by atomic mass is 10.3. The first kappa shape index (κ1) is 19.0. The van der Waals surface area contributed by atoms with E-state index in [0.717, 1.165) is 6.07 Å². The zero-order valence-corrected chi connectivity index (χ0v) is 15.7. The molecule has 27 heavy (non-hydrogen) atoms. The number of ether oxygens (including phenoxy) is 2. The first-order valence-corrected chi connectivity index (χ1v) is 9.64. The van der Waals surface area contributed by atoms with Crippen LogP contribution < -0.4 is 14.2 Å². The van der Waals surface area contributed by atoms with E-state index in [-0.39, 0.29) is 15.6 Å². The molecule has 0 aromatic heterocycles. The highest BCUT2D eigenvalue weighted by atomic mass is 35.5. The van der Waals surface area contributed by atoms with Crippen LogP contribution in [0, 0.1) is 5.82 Å². The number of methoxy groups -OCH3 is 1. The van der Waals surface area contributed by atoms with E-state index in [1.807, 2.05) is 6.07 Å². The Bertz CT molecular complexity index is 1060. The minimum atomic E-state index is -3.86. The van der Waals surface area contributed by atoms with Gasteiger partial charge in [-0.1, -0.05) is 23.7 Å². The highest BCUT2D eigenvalue weighted by molar-refractivity contribution is 7.92. The normalized spacial score (nSPS) is 11.1. The average Bonchev–Trinajstić information content (AvgIpc) is 2.65. The van der Waals surface area contributed by atoms with Gasteiger partial charge in [0.15, 0.2) is 11.5 Å². The summed E-state index contributed by atoms with van der Waals surface area (Å²) in [6.45, 7) is 0. The number of rotatable bonds is 6. The van der Waals surface area contributed by atoms with Crippen molar-refractivity contribution in [1.82, 2.24) is 0 Å². The van der Waals surface area contributed by atoms with Gasteiger partial charge in [-0.3, -0.25) is 4.72 Å². The lowest BCUT2D eigenvalue weighted by Crippen LogP contribution is -2.12. The van der Waals surface area contributed by atoms with Crippen molar-refractivity contribution in [3.05, 3.63) is 77.6 Å². The molecule has 0 aliphatic heterocycles. The minimum Gasteiger partial charge on any atom is -0.493 e. The molecule has 0 aliphatic carbocycles. The van der Waals surface area contributed by atoms with Crippen LogP contribution in [0.1, 0.15) is 0 Å². The fourth-order valence-electron chi connectivity index (χ4n) is 2.29. The highest BCUT2D eigenvalue weighted by Gasteiger charge is 2.15. The van der Waals surface area contributed by atoms with Gasteiger partial charge in [-0.05, 0) is 54.6 Å². The van der Waals surface area contributed by atoms with Crippen LogP contribution in [-0.2, 0) is 10.0 Å². The molecule has 0 saturated heterocycles. The van der Waals surface area contributed by atoms with Crippen LogP contribution in [0.2, 0.25) is 5.02 Å². The van der Waals surface area contributed by atoms with E-state index in [2.05, 4.69) is 4.72 Å². The van der Waals surface area contributed by atoms with Gasteiger partial charge in [0.1, 0.15) is 11.6 Å². The van der Waals surface area contributed by atoms with Gasteiger partial charge in [0.25, 0.3) is 10.0 Å². The molecule has 3 aromatic carbocycles. The van der Waals surface area contributed by atoms with E-state index in [4.69, 9.17) is 21.1 Å². The monoisotopic (exact) mass is 407 g/mol. The molecule has 0 amide bonds. The van der Waals surface area contributed by atoms with Gasteiger partial charge >= 0.3 is 0 Å². The number of para-hydroxylation sites is 2. The zero-order chi connectivity index (χ0) is 19.4. The summed E-state index contributed by atoms with van der Waals surface area (Å²) >= 11 is 5.67. The Morgan fingerprint density at radius 1 is 0.963 bits per heavy atom. The van der Waals surface area contributed by atoms with Crippen molar-refractivity contribution < 1.29 is 22.3 Å². The molecule has 0 aliphatic rings. The summed E-state index contributed by atoms with van der Waals surface area (Å²) < 4.78 is 51.4. The van der Waals surface area contributed by atoms with Crippen molar-refractivity contribution in [3.8, 4) is 17.2 Å². The van der Waals surface area contributed by atoms with Gasteiger partial charge in [-0.2, -0.15) is 0 Å². The second-order valence-electron chi connectivity index (χ2n) is 5.46. The molecule has 1 N–H and O–H groups in total. The second kappa shape index (κ2) is 7.85. The van der Waals surface area contributed by atoms with E-state index in [0.29, 0.717) is 17.2 Å². The zero-order valence-electron chi connectivity index (χ0n) is 14.1. The topological polar surface area (TPSA) is 64.6 Å². The number of halogens is 2. The Morgan fingerprint density at radius 3 is 2.26 bits per heavy atom. The fraction of sp³-hybridized carbons (Fsp3) is 0.0526. The van der Waals surface area contributed by atoms with Crippen molar-refractivity contribution in [2.45, 2.75) is 4.90 Å². The Morgan fingerprint density at radius 2 is 1.63 bits per heavy atom. The van der Waals surface area contributed by atoms with E-state index in [9.17, 15) is 12.8 Å². The van der Waals surface area contributed by atoms with Gasteiger partial charge in [-0.25, -0.2) is 12.8 Å². The van der Waals surface area contributed by atoms with Gasteiger partial charge in [0.2, 0.25) is 0 Å². The number of benzene rings is 3. The predicted octanol–water partition coefficient (Wildman–Crippen LogP) is 5.08. The Kier molecular flexibility index (Phi) is 5.53.